The van der Waals surface area contributed by atoms with Gasteiger partial charge in [0.25, 0.3) is 5.56 Å². The van der Waals surface area contributed by atoms with E-state index in [2.05, 4.69) is 15.2 Å². The third kappa shape index (κ3) is 1.68. The molecule has 1 saturated carbocycles. The molecule has 0 unspecified atom stereocenters. The van der Waals surface area contributed by atoms with Gasteiger partial charge in [-0.2, -0.15) is 5.10 Å². The van der Waals surface area contributed by atoms with Crippen LogP contribution in [0.2, 0.25) is 0 Å². The minimum Gasteiger partial charge on any atom is -0.305 e. The van der Waals surface area contributed by atoms with Gasteiger partial charge in [-0.3, -0.25) is 9.89 Å². The number of nitrogens with one attached hydrogen (secondary N) is 2. The molecule has 0 saturated heterocycles. The molecule has 0 bridgehead atoms. The van der Waals surface area contributed by atoms with Crippen molar-refractivity contribution in [2.75, 3.05) is 0 Å². The number of aromatic nitrogens is 3. The Morgan fingerprint density at radius 3 is 2.65 bits per heavy atom. The van der Waals surface area contributed by atoms with Crippen LogP contribution in [0.25, 0.3) is 22.2 Å². The maximum absolute atomic E-state index is 12.2. The van der Waals surface area contributed by atoms with Gasteiger partial charge in [-0.1, -0.05) is 36.8 Å². The number of hydrogen-bond acceptors (Lipinski definition) is 2. The van der Waals surface area contributed by atoms with Gasteiger partial charge in [0.2, 0.25) is 0 Å². The van der Waals surface area contributed by atoms with E-state index in [1.165, 1.54) is 25.0 Å². The number of fused-ring (bicyclic) bond motifs is 1. The first-order valence-electron chi connectivity index (χ1n) is 6.99. The van der Waals surface area contributed by atoms with Gasteiger partial charge < -0.3 is 4.98 Å². The summed E-state index contributed by atoms with van der Waals surface area (Å²) in [5, 5.41) is 8.39. The lowest BCUT2D eigenvalue weighted by Crippen LogP contribution is -2.11. The molecule has 0 atom stereocenters. The van der Waals surface area contributed by atoms with Crippen LogP contribution >= 0.6 is 0 Å². The van der Waals surface area contributed by atoms with Gasteiger partial charge in [0.1, 0.15) is 0 Å². The first kappa shape index (κ1) is 11.5. The molecule has 2 heterocycles. The number of rotatable bonds is 2. The quantitative estimate of drug-likeness (QED) is 0.747. The van der Waals surface area contributed by atoms with E-state index in [1.54, 1.807) is 0 Å². The lowest BCUT2D eigenvalue weighted by Gasteiger charge is -2.24. The van der Waals surface area contributed by atoms with E-state index < -0.39 is 0 Å². The predicted octanol–water partition coefficient (Wildman–Crippen LogP) is 3.19. The number of H-pyrrole nitrogens is 2. The molecule has 2 N–H and O–H groups in total. The summed E-state index contributed by atoms with van der Waals surface area (Å²) in [6.07, 6.45) is 3.69. The molecule has 2 aromatic heterocycles. The normalized spacial score (nSPS) is 15.4. The number of benzene rings is 1. The molecule has 1 aliphatic carbocycles. The summed E-state index contributed by atoms with van der Waals surface area (Å²) in [4.78, 5) is 15.1. The van der Waals surface area contributed by atoms with Gasteiger partial charge in [-0.15, -0.1) is 0 Å². The van der Waals surface area contributed by atoms with Crippen LogP contribution in [0.4, 0.5) is 0 Å². The first-order chi connectivity index (χ1) is 9.83. The molecule has 0 spiro atoms. The maximum atomic E-state index is 12.2. The summed E-state index contributed by atoms with van der Waals surface area (Å²) >= 11 is 0. The zero-order valence-corrected chi connectivity index (χ0v) is 11.0. The zero-order chi connectivity index (χ0) is 13.5. The summed E-state index contributed by atoms with van der Waals surface area (Å²) in [7, 11) is 0. The Bertz CT molecular complexity index is 813. The maximum Gasteiger partial charge on any atom is 0.257 e. The number of aromatic amines is 2. The average molecular weight is 265 g/mol. The van der Waals surface area contributed by atoms with Crippen LogP contribution in [0.1, 0.15) is 30.9 Å². The monoisotopic (exact) mass is 265 g/mol. The molecule has 4 nitrogen and oxygen atoms in total. The van der Waals surface area contributed by atoms with Crippen molar-refractivity contribution in [1.82, 2.24) is 15.2 Å². The van der Waals surface area contributed by atoms with Crippen molar-refractivity contribution in [3.63, 3.8) is 0 Å². The number of pyridine rings is 1. The van der Waals surface area contributed by atoms with Gasteiger partial charge in [0.05, 0.1) is 0 Å². The summed E-state index contributed by atoms with van der Waals surface area (Å²) in [6.45, 7) is 0. The standard InChI is InChI=1S/C16H15N3O/c20-16-12(10-5-2-1-3-6-10)9-13-14(11-7-4-8-11)18-19-15(13)17-16/h1-3,5-6,9,11H,4,7-8H2,(H2,17,18,19,20). The molecule has 0 radical (unpaired) electrons. The second-order valence-corrected chi connectivity index (χ2v) is 5.41. The van der Waals surface area contributed by atoms with Crippen LogP contribution in [0, 0.1) is 0 Å². The van der Waals surface area contributed by atoms with Crippen LogP contribution in [-0.4, -0.2) is 15.2 Å². The van der Waals surface area contributed by atoms with Gasteiger partial charge in [0, 0.05) is 22.6 Å². The number of hydrogen-bond donors (Lipinski definition) is 2. The Labute approximate surface area is 115 Å². The van der Waals surface area contributed by atoms with Crippen molar-refractivity contribution in [3.8, 4) is 11.1 Å². The van der Waals surface area contributed by atoms with E-state index in [4.69, 9.17) is 0 Å². The van der Waals surface area contributed by atoms with Crippen molar-refractivity contribution in [2.24, 2.45) is 0 Å². The molecule has 1 fully saturated rings. The highest BCUT2D eigenvalue weighted by atomic mass is 16.1. The Morgan fingerprint density at radius 1 is 1.15 bits per heavy atom. The topological polar surface area (TPSA) is 61.5 Å². The summed E-state index contributed by atoms with van der Waals surface area (Å²) < 4.78 is 0. The smallest absolute Gasteiger partial charge is 0.257 e. The van der Waals surface area contributed by atoms with E-state index in [-0.39, 0.29) is 5.56 Å². The molecular formula is C16H15N3O. The lowest BCUT2D eigenvalue weighted by molar-refractivity contribution is 0.413. The molecule has 4 heteroatoms. The van der Waals surface area contributed by atoms with Crippen molar-refractivity contribution in [2.45, 2.75) is 25.2 Å². The van der Waals surface area contributed by atoms with Crippen molar-refractivity contribution in [1.29, 1.82) is 0 Å². The Morgan fingerprint density at radius 2 is 1.95 bits per heavy atom. The van der Waals surface area contributed by atoms with Crippen LogP contribution in [-0.2, 0) is 0 Å². The van der Waals surface area contributed by atoms with E-state index in [0.29, 0.717) is 17.1 Å². The molecule has 1 aliphatic rings. The fraction of sp³-hybridized carbons (Fsp3) is 0.250. The van der Waals surface area contributed by atoms with E-state index in [9.17, 15) is 4.79 Å². The SMILES string of the molecule is O=c1[nH]c2n[nH]c(C3CCC3)c2cc1-c1ccccc1. The van der Waals surface area contributed by atoms with Gasteiger partial charge >= 0.3 is 0 Å². The Hall–Kier alpha value is -2.36. The molecule has 4 rings (SSSR count). The zero-order valence-electron chi connectivity index (χ0n) is 11.0. The molecule has 3 aromatic rings. The first-order valence-corrected chi connectivity index (χ1v) is 6.99. The van der Waals surface area contributed by atoms with Gasteiger partial charge in [-0.25, -0.2) is 0 Å². The van der Waals surface area contributed by atoms with Crippen molar-refractivity contribution >= 4 is 11.0 Å². The summed E-state index contributed by atoms with van der Waals surface area (Å²) in [5.41, 5.74) is 3.39. The van der Waals surface area contributed by atoms with E-state index >= 15 is 0 Å². The second-order valence-electron chi connectivity index (χ2n) is 5.41. The molecule has 100 valence electrons. The van der Waals surface area contributed by atoms with E-state index in [0.717, 1.165) is 10.9 Å². The summed E-state index contributed by atoms with van der Waals surface area (Å²) in [6, 6.07) is 11.7. The number of nitrogens with zero attached hydrogens (tertiary/aromatic N) is 1. The van der Waals surface area contributed by atoms with Crippen molar-refractivity contribution in [3.05, 3.63) is 52.4 Å². The largest absolute Gasteiger partial charge is 0.305 e. The minimum absolute atomic E-state index is 0.0876. The molecule has 20 heavy (non-hydrogen) atoms. The Kier molecular flexibility index (Phi) is 2.49. The fourth-order valence-electron chi connectivity index (χ4n) is 2.83. The molecule has 1 aromatic carbocycles. The third-order valence-corrected chi connectivity index (χ3v) is 4.20. The van der Waals surface area contributed by atoms with E-state index in [1.807, 2.05) is 36.4 Å². The molecule has 0 amide bonds. The predicted molar refractivity (Wildman–Crippen MR) is 78.7 cm³/mol. The average Bonchev–Trinajstić information content (AvgIpc) is 2.80. The summed E-state index contributed by atoms with van der Waals surface area (Å²) in [5.74, 6) is 0.564. The van der Waals surface area contributed by atoms with Crippen LogP contribution in [0.15, 0.2) is 41.2 Å². The van der Waals surface area contributed by atoms with Crippen LogP contribution in [0.5, 0.6) is 0 Å². The van der Waals surface area contributed by atoms with Gasteiger partial charge in [0.15, 0.2) is 5.65 Å². The second kappa shape index (κ2) is 4.34. The van der Waals surface area contributed by atoms with Crippen molar-refractivity contribution < 1.29 is 0 Å². The van der Waals surface area contributed by atoms with Gasteiger partial charge in [-0.05, 0) is 24.5 Å². The highest BCUT2D eigenvalue weighted by molar-refractivity contribution is 5.83. The lowest BCUT2D eigenvalue weighted by atomic mass is 9.82. The third-order valence-electron chi connectivity index (χ3n) is 4.20. The van der Waals surface area contributed by atoms with Crippen LogP contribution in [0.3, 0.4) is 0 Å². The molecular weight excluding hydrogens is 250 g/mol. The highest BCUT2D eigenvalue weighted by Crippen LogP contribution is 2.38. The highest BCUT2D eigenvalue weighted by Gasteiger charge is 2.24. The fourth-order valence-corrected chi connectivity index (χ4v) is 2.83. The Balaban J connectivity index is 1.93. The molecule has 0 aliphatic heterocycles. The minimum atomic E-state index is -0.0876. The van der Waals surface area contributed by atoms with Crippen LogP contribution < -0.4 is 5.56 Å².